The molecule has 0 atom stereocenters. The largest absolute Gasteiger partial charge is 0.508 e. The van der Waals surface area contributed by atoms with E-state index in [-0.39, 0.29) is 10.8 Å². The van der Waals surface area contributed by atoms with Crippen LogP contribution in [0.2, 0.25) is 0 Å². The van der Waals surface area contributed by atoms with Crippen molar-refractivity contribution in [2.75, 3.05) is 0 Å². The standard InChI is InChI=1S/C27H32O/c1-18-12-8-10-14-22(18)26(4,5)24-16-21(28)17-25(20(24)3)27(6,7)23-15-11-9-13-19(23)2/h8-17,28H,1-7H3. The molecule has 0 heterocycles. The molecule has 0 fully saturated rings. The molecule has 0 unspecified atom stereocenters. The van der Waals surface area contributed by atoms with Crippen molar-refractivity contribution in [1.29, 1.82) is 0 Å². The fourth-order valence-electron chi connectivity index (χ4n) is 4.84. The molecule has 0 aliphatic heterocycles. The number of aryl methyl sites for hydroxylation is 2. The Morgan fingerprint density at radius 2 is 0.929 bits per heavy atom. The summed E-state index contributed by atoms with van der Waals surface area (Å²) in [6.45, 7) is 15.5. The molecular weight excluding hydrogens is 340 g/mol. The lowest BCUT2D eigenvalue weighted by atomic mass is 9.69. The van der Waals surface area contributed by atoms with Gasteiger partial charge in [0.05, 0.1) is 0 Å². The third kappa shape index (κ3) is 3.35. The van der Waals surface area contributed by atoms with Crippen LogP contribution in [0.15, 0.2) is 60.7 Å². The zero-order chi connectivity index (χ0) is 20.7. The Morgan fingerprint density at radius 1 is 0.571 bits per heavy atom. The first-order chi connectivity index (χ1) is 13.1. The van der Waals surface area contributed by atoms with E-state index in [2.05, 4.69) is 97.0 Å². The molecule has 0 saturated heterocycles. The highest BCUT2D eigenvalue weighted by Crippen LogP contribution is 2.43. The molecule has 0 saturated carbocycles. The smallest absolute Gasteiger partial charge is 0.116 e. The Hall–Kier alpha value is -2.54. The number of phenols is 1. The van der Waals surface area contributed by atoms with Crippen LogP contribution in [-0.2, 0) is 10.8 Å². The minimum Gasteiger partial charge on any atom is -0.508 e. The fourth-order valence-corrected chi connectivity index (χ4v) is 4.84. The van der Waals surface area contributed by atoms with Gasteiger partial charge in [0.1, 0.15) is 5.75 Å². The number of hydrogen-bond donors (Lipinski definition) is 1. The summed E-state index contributed by atoms with van der Waals surface area (Å²) in [6.07, 6.45) is 0. The van der Waals surface area contributed by atoms with Crippen LogP contribution in [0.4, 0.5) is 0 Å². The summed E-state index contributed by atoms with van der Waals surface area (Å²) in [5.74, 6) is 0.332. The Bertz CT molecular complexity index is 930. The topological polar surface area (TPSA) is 20.2 Å². The summed E-state index contributed by atoms with van der Waals surface area (Å²) >= 11 is 0. The highest BCUT2D eigenvalue weighted by Gasteiger charge is 2.32. The van der Waals surface area contributed by atoms with Crippen molar-refractivity contribution in [3.8, 4) is 5.75 Å². The molecule has 0 amide bonds. The first-order valence-corrected chi connectivity index (χ1v) is 10.0. The SMILES string of the molecule is Cc1ccccc1C(C)(C)c1cc(O)cc(C(C)(C)c2ccccc2C)c1C. The van der Waals surface area contributed by atoms with Gasteiger partial charge in [0.25, 0.3) is 0 Å². The molecule has 146 valence electrons. The van der Waals surface area contributed by atoms with Gasteiger partial charge in [-0.3, -0.25) is 0 Å². The molecule has 3 aromatic rings. The predicted molar refractivity (Wildman–Crippen MR) is 119 cm³/mol. The zero-order valence-corrected chi connectivity index (χ0v) is 18.2. The minimum atomic E-state index is -0.204. The van der Waals surface area contributed by atoms with Gasteiger partial charge in [0.15, 0.2) is 0 Å². The molecule has 0 spiro atoms. The van der Waals surface area contributed by atoms with Crippen LogP contribution in [0.5, 0.6) is 5.75 Å². The van der Waals surface area contributed by atoms with Crippen molar-refractivity contribution < 1.29 is 5.11 Å². The van der Waals surface area contributed by atoms with Crippen LogP contribution in [-0.4, -0.2) is 5.11 Å². The molecule has 0 aromatic heterocycles. The highest BCUT2D eigenvalue weighted by atomic mass is 16.3. The van der Waals surface area contributed by atoms with Crippen molar-refractivity contribution >= 4 is 0 Å². The first-order valence-electron chi connectivity index (χ1n) is 10.0. The summed E-state index contributed by atoms with van der Waals surface area (Å²) in [6, 6.07) is 21.0. The molecule has 1 heteroatoms. The zero-order valence-electron chi connectivity index (χ0n) is 18.2. The maximum Gasteiger partial charge on any atom is 0.116 e. The van der Waals surface area contributed by atoms with Crippen molar-refractivity contribution in [1.82, 2.24) is 0 Å². The number of benzene rings is 3. The molecule has 28 heavy (non-hydrogen) atoms. The van der Waals surface area contributed by atoms with Crippen LogP contribution in [0.3, 0.4) is 0 Å². The quantitative estimate of drug-likeness (QED) is 0.524. The molecule has 0 aliphatic rings. The number of phenolic OH excluding ortho intramolecular Hbond substituents is 1. The molecule has 0 aliphatic carbocycles. The van der Waals surface area contributed by atoms with Gasteiger partial charge in [-0.25, -0.2) is 0 Å². The van der Waals surface area contributed by atoms with E-state index in [4.69, 9.17) is 0 Å². The van der Waals surface area contributed by atoms with Crippen molar-refractivity contribution in [3.63, 3.8) is 0 Å². The van der Waals surface area contributed by atoms with E-state index in [1.54, 1.807) is 0 Å². The molecular formula is C27H32O. The van der Waals surface area contributed by atoms with Gasteiger partial charge < -0.3 is 5.11 Å². The van der Waals surface area contributed by atoms with Crippen LogP contribution in [0.25, 0.3) is 0 Å². The molecule has 3 rings (SSSR count). The maximum absolute atomic E-state index is 10.7. The third-order valence-corrected chi connectivity index (χ3v) is 6.38. The van der Waals surface area contributed by atoms with Crippen LogP contribution in [0, 0.1) is 20.8 Å². The Labute approximate surface area is 170 Å². The van der Waals surface area contributed by atoms with E-state index in [0.29, 0.717) is 5.75 Å². The molecule has 0 radical (unpaired) electrons. The second kappa shape index (κ2) is 7.13. The van der Waals surface area contributed by atoms with Crippen LogP contribution in [0.1, 0.15) is 66.6 Å². The van der Waals surface area contributed by atoms with Crippen molar-refractivity contribution in [2.45, 2.75) is 59.3 Å². The van der Waals surface area contributed by atoms with E-state index in [0.717, 1.165) is 0 Å². The van der Waals surface area contributed by atoms with Gasteiger partial charge in [0, 0.05) is 10.8 Å². The lowest BCUT2D eigenvalue weighted by Crippen LogP contribution is -2.26. The Morgan fingerprint density at radius 3 is 1.29 bits per heavy atom. The molecule has 1 nitrogen and oxygen atoms in total. The molecule has 1 N–H and O–H groups in total. The second-order valence-electron chi connectivity index (χ2n) is 9.05. The normalized spacial score (nSPS) is 12.2. The Kier molecular flexibility index (Phi) is 5.14. The van der Waals surface area contributed by atoms with E-state index < -0.39 is 0 Å². The third-order valence-electron chi connectivity index (χ3n) is 6.38. The maximum atomic E-state index is 10.7. The van der Waals surface area contributed by atoms with Gasteiger partial charge in [-0.2, -0.15) is 0 Å². The van der Waals surface area contributed by atoms with Gasteiger partial charge in [-0.1, -0.05) is 76.2 Å². The Balaban J connectivity index is 2.24. The van der Waals surface area contributed by atoms with E-state index in [1.165, 1.54) is 38.9 Å². The fraction of sp³-hybridized carbons (Fsp3) is 0.333. The van der Waals surface area contributed by atoms with Gasteiger partial charge in [0.2, 0.25) is 0 Å². The number of rotatable bonds is 4. The van der Waals surface area contributed by atoms with E-state index >= 15 is 0 Å². The minimum absolute atomic E-state index is 0.204. The predicted octanol–water partition coefficient (Wildman–Crippen LogP) is 6.97. The van der Waals surface area contributed by atoms with Gasteiger partial charge in [-0.05, 0) is 71.8 Å². The number of aromatic hydroxyl groups is 1. The molecule has 0 bridgehead atoms. The summed E-state index contributed by atoms with van der Waals surface area (Å²) in [7, 11) is 0. The summed E-state index contributed by atoms with van der Waals surface area (Å²) in [4.78, 5) is 0. The average molecular weight is 373 g/mol. The monoisotopic (exact) mass is 372 g/mol. The van der Waals surface area contributed by atoms with E-state index in [9.17, 15) is 5.11 Å². The van der Waals surface area contributed by atoms with Crippen molar-refractivity contribution in [2.24, 2.45) is 0 Å². The summed E-state index contributed by atoms with van der Waals surface area (Å²) in [5.41, 5.74) is 8.34. The average Bonchev–Trinajstić information content (AvgIpc) is 2.63. The first kappa shape index (κ1) is 20.2. The number of hydrogen-bond acceptors (Lipinski definition) is 1. The highest BCUT2D eigenvalue weighted by molar-refractivity contribution is 5.55. The van der Waals surface area contributed by atoms with Crippen LogP contribution < -0.4 is 0 Å². The molecule has 3 aromatic carbocycles. The van der Waals surface area contributed by atoms with Gasteiger partial charge >= 0.3 is 0 Å². The second-order valence-corrected chi connectivity index (χ2v) is 9.05. The lowest BCUT2D eigenvalue weighted by Gasteiger charge is -2.35. The summed E-state index contributed by atoms with van der Waals surface area (Å²) < 4.78 is 0. The van der Waals surface area contributed by atoms with Gasteiger partial charge in [-0.15, -0.1) is 0 Å². The lowest BCUT2D eigenvalue weighted by molar-refractivity contribution is 0.468. The summed E-state index contributed by atoms with van der Waals surface area (Å²) in [5, 5.41) is 10.7. The van der Waals surface area contributed by atoms with Crippen LogP contribution >= 0.6 is 0 Å². The van der Waals surface area contributed by atoms with Crippen molar-refractivity contribution in [3.05, 3.63) is 99.6 Å². The van der Waals surface area contributed by atoms with E-state index in [1.807, 2.05) is 12.1 Å².